The lowest BCUT2D eigenvalue weighted by molar-refractivity contribution is 0.0697. The van der Waals surface area contributed by atoms with Gasteiger partial charge in [0.05, 0.1) is 17.6 Å². The first-order chi connectivity index (χ1) is 9.63. The number of hydrogen-bond donors (Lipinski definition) is 1. The Morgan fingerprint density at radius 1 is 1.20 bits per heavy atom. The number of rotatable bonds is 3. The van der Waals surface area contributed by atoms with Gasteiger partial charge < -0.3 is 5.11 Å². The Kier molecular flexibility index (Phi) is 3.23. The Hall–Kier alpha value is -2.21. The van der Waals surface area contributed by atoms with Gasteiger partial charge in [0.15, 0.2) is 0 Å². The number of aromatic carboxylic acids is 1. The van der Waals surface area contributed by atoms with Gasteiger partial charge in [-0.2, -0.15) is 0 Å². The van der Waals surface area contributed by atoms with Crippen LogP contribution in [-0.2, 0) is 6.54 Å². The van der Waals surface area contributed by atoms with Crippen LogP contribution in [0.4, 0.5) is 0 Å². The van der Waals surface area contributed by atoms with Crippen LogP contribution in [-0.4, -0.2) is 26.1 Å². The van der Waals surface area contributed by atoms with Gasteiger partial charge in [-0.25, -0.2) is 9.48 Å². The van der Waals surface area contributed by atoms with Gasteiger partial charge in [0, 0.05) is 4.47 Å². The average molecular weight is 332 g/mol. The van der Waals surface area contributed by atoms with Gasteiger partial charge in [-0.3, -0.25) is 0 Å². The van der Waals surface area contributed by atoms with Crippen LogP contribution >= 0.6 is 15.9 Å². The predicted octanol–water partition coefficient (Wildman–Crippen LogP) is 2.94. The number of carbonyl (C=O) groups is 1. The van der Waals surface area contributed by atoms with Crippen molar-refractivity contribution in [1.29, 1.82) is 0 Å². The zero-order chi connectivity index (χ0) is 14.1. The van der Waals surface area contributed by atoms with Gasteiger partial charge in [-0.05, 0) is 35.9 Å². The fourth-order valence-corrected chi connectivity index (χ4v) is 2.33. The van der Waals surface area contributed by atoms with Gasteiger partial charge in [-0.1, -0.05) is 33.3 Å². The summed E-state index contributed by atoms with van der Waals surface area (Å²) in [6, 6.07) is 12.5. The van der Waals surface area contributed by atoms with Gasteiger partial charge in [0.2, 0.25) is 0 Å². The molecule has 5 nitrogen and oxygen atoms in total. The van der Waals surface area contributed by atoms with E-state index in [-0.39, 0.29) is 5.56 Å². The van der Waals surface area contributed by atoms with Crippen LogP contribution in [0.1, 0.15) is 15.9 Å². The summed E-state index contributed by atoms with van der Waals surface area (Å²) in [7, 11) is 0. The Balaban J connectivity index is 1.92. The molecule has 1 aromatic heterocycles. The lowest BCUT2D eigenvalue weighted by atomic mass is 10.1. The van der Waals surface area contributed by atoms with Crippen molar-refractivity contribution in [3.8, 4) is 0 Å². The van der Waals surface area contributed by atoms with Crippen LogP contribution in [0.15, 0.2) is 46.9 Å². The molecule has 0 amide bonds. The molecule has 100 valence electrons. The molecule has 0 radical (unpaired) electrons. The van der Waals surface area contributed by atoms with E-state index in [0.29, 0.717) is 6.54 Å². The number of nitrogens with zero attached hydrogens (tertiary/aromatic N) is 3. The minimum absolute atomic E-state index is 0.278. The van der Waals surface area contributed by atoms with Crippen LogP contribution < -0.4 is 0 Å². The molecule has 2 aromatic carbocycles. The molecule has 1 N–H and O–H groups in total. The number of carboxylic acids is 1. The van der Waals surface area contributed by atoms with Crippen LogP contribution in [0.3, 0.4) is 0 Å². The van der Waals surface area contributed by atoms with Crippen molar-refractivity contribution >= 4 is 32.9 Å². The van der Waals surface area contributed by atoms with E-state index in [9.17, 15) is 4.79 Å². The summed E-state index contributed by atoms with van der Waals surface area (Å²) in [6.45, 7) is 0.548. The summed E-state index contributed by atoms with van der Waals surface area (Å²) in [5.74, 6) is -0.924. The number of benzene rings is 2. The lowest BCUT2D eigenvalue weighted by Crippen LogP contribution is -2.03. The predicted molar refractivity (Wildman–Crippen MR) is 77.7 cm³/mol. The number of halogens is 1. The molecule has 0 spiro atoms. The van der Waals surface area contributed by atoms with Crippen molar-refractivity contribution in [1.82, 2.24) is 15.0 Å². The maximum absolute atomic E-state index is 10.8. The molecular weight excluding hydrogens is 322 g/mol. The first-order valence-corrected chi connectivity index (χ1v) is 6.74. The zero-order valence-corrected chi connectivity index (χ0v) is 11.9. The van der Waals surface area contributed by atoms with Crippen molar-refractivity contribution < 1.29 is 9.90 Å². The molecular formula is C14H10BrN3O2. The molecule has 0 fully saturated rings. The number of carboxylic acid groups (broad SMARTS) is 1. The van der Waals surface area contributed by atoms with Crippen LogP contribution in [0.25, 0.3) is 11.0 Å². The van der Waals surface area contributed by atoms with E-state index in [1.807, 2.05) is 18.2 Å². The van der Waals surface area contributed by atoms with Gasteiger partial charge in [-0.15, -0.1) is 5.10 Å². The van der Waals surface area contributed by atoms with Gasteiger partial charge in [0.1, 0.15) is 5.52 Å². The summed E-state index contributed by atoms with van der Waals surface area (Å²) in [4.78, 5) is 10.8. The third-order valence-corrected chi connectivity index (χ3v) is 3.50. The van der Waals surface area contributed by atoms with E-state index in [1.54, 1.807) is 28.9 Å². The van der Waals surface area contributed by atoms with Crippen molar-refractivity contribution in [2.75, 3.05) is 0 Å². The SMILES string of the molecule is O=C(O)c1ccc(Cn2nnc3ccc(Br)cc32)cc1. The smallest absolute Gasteiger partial charge is 0.335 e. The first kappa shape index (κ1) is 12.8. The molecule has 6 heteroatoms. The Labute approximate surface area is 123 Å². The summed E-state index contributed by atoms with van der Waals surface area (Å²) >= 11 is 3.43. The second kappa shape index (κ2) is 5.05. The molecule has 3 rings (SSSR count). The Bertz CT molecular complexity index is 781. The molecule has 0 unspecified atom stereocenters. The fraction of sp³-hybridized carbons (Fsp3) is 0.0714. The van der Waals surface area contributed by atoms with Crippen molar-refractivity contribution in [3.05, 3.63) is 58.1 Å². The molecule has 0 aliphatic rings. The van der Waals surface area contributed by atoms with Crippen LogP contribution in [0.2, 0.25) is 0 Å². The highest BCUT2D eigenvalue weighted by molar-refractivity contribution is 9.10. The van der Waals surface area contributed by atoms with Gasteiger partial charge in [0.25, 0.3) is 0 Å². The third kappa shape index (κ3) is 2.42. The van der Waals surface area contributed by atoms with E-state index < -0.39 is 5.97 Å². The molecule has 1 heterocycles. The average Bonchev–Trinajstić information content (AvgIpc) is 2.82. The van der Waals surface area contributed by atoms with E-state index in [0.717, 1.165) is 21.1 Å². The Morgan fingerprint density at radius 3 is 2.65 bits per heavy atom. The number of aromatic nitrogens is 3. The second-order valence-corrected chi connectivity index (χ2v) is 5.30. The summed E-state index contributed by atoms with van der Waals surface area (Å²) < 4.78 is 2.75. The summed E-state index contributed by atoms with van der Waals surface area (Å²) in [5.41, 5.74) is 3.01. The van der Waals surface area contributed by atoms with E-state index >= 15 is 0 Å². The molecule has 0 atom stereocenters. The lowest BCUT2D eigenvalue weighted by Gasteiger charge is -2.03. The number of fused-ring (bicyclic) bond motifs is 1. The standard InChI is InChI=1S/C14H10BrN3O2/c15-11-5-6-12-13(7-11)18(17-16-12)8-9-1-3-10(4-2-9)14(19)20/h1-7H,8H2,(H,19,20). The molecule has 0 saturated carbocycles. The Morgan fingerprint density at radius 2 is 1.95 bits per heavy atom. The maximum atomic E-state index is 10.8. The maximum Gasteiger partial charge on any atom is 0.335 e. The molecule has 0 bridgehead atoms. The highest BCUT2D eigenvalue weighted by atomic mass is 79.9. The molecule has 0 aliphatic carbocycles. The minimum Gasteiger partial charge on any atom is -0.478 e. The highest BCUT2D eigenvalue weighted by Gasteiger charge is 2.07. The summed E-state index contributed by atoms with van der Waals surface area (Å²) in [5, 5.41) is 17.1. The summed E-state index contributed by atoms with van der Waals surface area (Å²) in [6.07, 6.45) is 0. The molecule has 0 aliphatic heterocycles. The fourth-order valence-electron chi connectivity index (χ4n) is 1.98. The van der Waals surface area contributed by atoms with Crippen LogP contribution in [0.5, 0.6) is 0 Å². The quantitative estimate of drug-likeness (QED) is 0.801. The zero-order valence-electron chi connectivity index (χ0n) is 10.3. The van der Waals surface area contributed by atoms with E-state index in [2.05, 4.69) is 26.2 Å². The normalized spacial score (nSPS) is 10.8. The van der Waals surface area contributed by atoms with Crippen molar-refractivity contribution in [2.24, 2.45) is 0 Å². The van der Waals surface area contributed by atoms with Crippen molar-refractivity contribution in [3.63, 3.8) is 0 Å². The topological polar surface area (TPSA) is 68.0 Å². The van der Waals surface area contributed by atoms with E-state index in [1.165, 1.54) is 0 Å². The minimum atomic E-state index is -0.924. The number of hydrogen-bond acceptors (Lipinski definition) is 3. The largest absolute Gasteiger partial charge is 0.478 e. The first-order valence-electron chi connectivity index (χ1n) is 5.94. The van der Waals surface area contributed by atoms with Crippen LogP contribution in [0, 0.1) is 0 Å². The van der Waals surface area contributed by atoms with E-state index in [4.69, 9.17) is 5.11 Å². The monoisotopic (exact) mass is 331 g/mol. The van der Waals surface area contributed by atoms with Gasteiger partial charge >= 0.3 is 5.97 Å². The second-order valence-electron chi connectivity index (χ2n) is 4.38. The molecule has 3 aromatic rings. The highest BCUT2D eigenvalue weighted by Crippen LogP contribution is 2.18. The molecule has 20 heavy (non-hydrogen) atoms. The molecule has 0 saturated heterocycles. The van der Waals surface area contributed by atoms with Crippen molar-refractivity contribution in [2.45, 2.75) is 6.54 Å². The third-order valence-electron chi connectivity index (χ3n) is 3.01.